The largest absolute Gasteiger partial charge is 0.301 e. The Balaban J connectivity index is 2.60. The number of halogens is 1. The van der Waals surface area contributed by atoms with Gasteiger partial charge in [0.2, 0.25) is 0 Å². The van der Waals surface area contributed by atoms with Crippen molar-refractivity contribution in [3.63, 3.8) is 0 Å². The van der Waals surface area contributed by atoms with Crippen LogP contribution in [0.5, 0.6) is 0 Å². The van der Waals surface area contributed by atoms with E-state index in [0.29, 0.717) is 15.9 Å². The number of hydrogen-bond acceptors (Lipinski definition) is 3. The van der Waals surface area contributed by atoms with Crippen molar-refractivity contribution in [2.75, 3.05) is 6.26 Å². The average molecular weight is 253 g/mol. The fourth-order valence-corrected chi connectivity index (χ4v) is 1.96. The summed E-state index contributed by atoms with van der Waals surface area (Å²) in [5.41, 5.74) is 1.19. The molecular formula is C11H9ClN2OS. The lowest BCUT2D eigenvalue weighted by molar-refractivity contribution is 0.945. The topological polar surface area (TPSA) is 45.8 Å². The third kappa shape index (κ3) is 2.28. The molecule has 3 nitrogen and oxygen atoms in total. The zero-order valence-electron chi connectivity index (χ0n) is 8.53. The predicted octanol–water partition coefficient (Wildman–Crippen LogP) is 2.81. The van der Waals surface area contributed by atoms with Crippen molar-refractivity contribution in [3.8, 4) is 11.3 Å². The summed E-state index contributed by atoms with van der Waals surface area (Å²) < 4.78 is 0. The maximum Gasteiger partial charge on any atom is 0.252 e. The standard InChI is InChI=1S/C11H9ClN2OS/c1-16-11-13-9(6-10(15)14-11)7-4-2-3-5-8(7)12/h2-6H,1H3,(H,13,14,15). The van der Waals surface area contributed by atoms with Crippen LogP contribution in [0.15, 0.2) is 40.3 Å². The highest BCUT2D eigenvalue weighted by Gasteiger charge is 2.06. The molecule has 1 aromatic carbocycles. The number of hydrogen-bond donors (Lipinski definition) is 1. The molecule has 1 heterocycles. The molecule has 1 aromatic heterocycles. The quantitative estimate of drug-likeness (QED) is 0.660. The van der Waals surface area contributed by atoms with E-state index >= 15 is 0 Å². The van der Waals surface area contributed by atoms with E-state index in [9.17, 15) is 4.79 Å². The van der Waals surface area contributed by atoms with Gasteiger partial charge in [-0.25, -0.2) is 4.98 Å². The molecule has 0 atom stereocenters. The molecule has 2 aromatic rings. The fraction of sp³-hybridized carbons (Fsp3) is 0.0909. The van der Waals surface area contributed by atoms with Crippen LogP contribution in [0, 0.1) is 0 Å². The van der Waals surface area contributed by atoms with Crippen molar-refractivity contribution in [1.29, 1.82) is 0 Å². The summed E-state index contributed by atoms with van der Waals surface area (Å²) in [4.78, 5) is 18.3. The Bertz CT molecular complexity index is 568. The van der Waals surface area contributed by atoms with Crippen LogP contribution in [0.4, 0.5) is 0 Å². The molecule has 2 rings (SSSR count). The number of nitrogens with one attached hydrogen (secondary N) is 1. The second kappa shape index (κ2) is 4.72. The van der Waals surface area contributed by atoms with Crippen molar-refractivity contribution < 1.29 is 0 Å². The average Bonchev–Trinajstić information content (AvgIpc) is 2.28. The van der Waals surface area contributed by atoms with Gasteiger partial charge in [-0.05, 0) is 12.3 Å². The van der Waals surface area contributed by atoms with Crippen LogP contribution < -0.4 is 5.56 Å². The van der Waals surface area contributed by atoms with Gasteiger partial charge in [0.15, 0.2) is 5.16 Å². The number of thioether (sulfide) groups is 1. The van der Waals surface area contributed by atoms with Crippen LogP contribution >= 0.6 is 23.4 Å². The van der Waals surface area contributed by atoms with Crippen LogP contribution in [0.2, 0.25) is 5.02 Å². The van der Waals surface area contributed by atoms with Crippen molar-refractivity contribution in [2.24, 2.45) is 0 Å². The molecule has 0 spiro atoms. The van der Waals surface area contributed by atoms with E-state index in [2.05, 4.69) is 9.97 Å². The minimum absolute atomic E-state index is 0.172. The van der Waals surface area contributed by atoms with Gasteiger partial charge >= 0.3 is 0 Å². The summed E-state index contributed by atoms with van der Waals surface area (Å²) >= 11 is 7.44. The molecule has 0 bridgehead atoms. The third-order valence-corrected chi connectivity index (χ3v) is 2.97. The van der Waals surface area contributed by atoms with Crippen LogP contribution in [-0.2, 0) is 0 Å². The monoisotopic (exact) mass is 252 g/mol. The maximum absolute atomic E-state index is 11.4. The van der Waals surface area contributed by atoms with E-state index in [4.69, 9.17) is 11.6 Å². The van der Waals surface area contributed by atoms with Gasteiger partial charge in [0.05, 0.1) is 5.69 Å². The molecular weight excluding hydrogens is 244 g/mol. The zero-order valence-corrected chi connectivity index (χ0v) is 10.1. The van der Waals surface area contributed by atoms with E-state index in [1.54, 1.807) is 6.07 Å². The molecule has 0 aliphatic carbocycles. The molecule has 5 heteroatoms. The Morgan fingerprint density at radius 1 is 1.38 bits per heavy atom. The first-order valence-electron chi connectivity index (χ1n) is 4.61. The maximum atomic E-state index is 11.4. The van der Waals surface area contributed by atoms with E-state index in [-0.39, 0.29) is 5.56 Å². The summed E-state index contributed by atoms with van der Waals surface area (Å²) in [6, 6.07) is 8.77. The Morgan fingerprint density at radius 2 is 2.12 bits per heavy atom. The van der Waals surface area contributed by atoms with Gasteiger partial charge in [-0.15, -0.1) is 0 Å². The Labute approximate surface area is 102 Å². The summed E-state index contributed by atoms with van der Waals surface area (Å²) in [6.45, 7) is 0. The molecule has 0 radical (unpaired) electrons. The number of benzene rings is 1. The van der Waals surface area contributed by atoms with Crippen LogP contribution in [0.1, 0.15) is 0 Å². The summed E-state index contributed by atoms with van der Waals surface area (Å²) in [5.74, 6) is 0. The lowest BCUT2D eigenvalue weighted by atomic mass is 10.1. The van der Waals surface area contributed by atoms with Crippen LogP contribution in [-0.4, -0.2) is 16.2 Å². The normalized spacial score (nSPS) is 10.4. The number of nitrogens with zero attached hydrogens (tertiary/aromatic N) is 1. The van der Waals surface area contributed by atoms with Gasteiger partial charge in [0.1, 0.15) is 0 Å². The number of aromatic nitrogens is 2. The first kappa shape index (κ1) is 11.2. The molecule has 0 amide bonds. The summed E-state index contributed by atoms with van der Waals surface area (Å²) in [6.07, 6.45) is 1.86. The Kier molecular flexibility index (Phi) is 3.31. The van der Waals surface area contributed by atoms with E-state index in [1.165, 1.54) is 17.8 Å². The number of H-pyrrole nitrogens is 1. The van der Waals surface area contributed by atoms with Gasteiger partial charge in [-0.2, -0.15) is 0 Å². The lowest BCUT2D eigenvalue weighted by Crippen LogP contribution is -2.07. The Morgan fingerprint density at radius 3 is 2.81 bits per heavy atom. The van der Waals surface area contributed by atoms with Crippen molar-refractivity contribution in [1.82, 2.24) is 9.97 Å². The van der Waals surface area contributed by atoms with E-state index in [1.807, 2.05) is 24.5 Å². The number of aromatic amines is 1. The third-order valence-electron chi connectivity index (χ3n) is 2.06. The molecule has 0 aliphatic rings. The second-order valence-electron chi connectivity index (χ2n) is 3.12. The van der Waals surface area contributed by atoms with Gasteiger partial charge in [0.25, 0.3) is 5.56 Å². The molecule has 0 aliphatic heterocycles. The van der Waals surface area contributed by atoms with Crippen molar-refractivity contribution in [2.45, 2.75) is 5.16 Å². The van der Waals surface area contributed by atoms with Crippen molar-refractivity contribution >= 4 is 23.4 Å². The van der Waals surface area contributed by atoms with Crippen molar-refractivity contribution in [3.05, 3.63) is 45.7 Å². The lowest BCUT2D eigenvalue weighted by Gasteiger charge is -2.04. The highest BCUT2D eigenvalue weighted by Crippen LogP contribution is 2.25. The SMILES string of the molecule is CSc1nc(-c2ccccc2Cl)cc(=O)[nH]1. The van der Waals surface area contributed by atoms with E-state index < -0.39 is 0 Å². The molecule has 0 saturated heterocycles. The van der Waals surface area contributed by atoms with Gasteiger partial charge in [-0.3, -0.25) is 4.79 Å². The summed E-state index contributed by atoms with van der Waals surface area (Å²) in [7, 11) is 0. The van der Waals surface area contributed by atoms with Crippen LogP contribution in [0.25, 0.3) is 11.3 Å². The van der Waals surface area contributed by atoms with E-state index in [0.717, 1.165) is 5.56 Å². The first-order valence-corrected chi connectivity index (χ1v) is 6.21. The Hall–Kier alpha value is -1.26. The van der Waals surface area contributed by atoms with Gasteiger partial charge < -0.3 is 4.98 Å². The summed E-state index contributed by atoms with van der Waals surface area (Å²) in [5, 5.41) is 1.18. The number of rotatable bonds is 2. The molecule has 1 N–H and O–H groups in total. The fourth-order valence-electron chi connectivity index (χ4n) is 1.34. The molecule has 0 saturated carbocycles. The molecule has 0 unspecified atom stereocenters. The predicted molar refractivity (Wildman–Crippen MR) is 67.1 cm³/mol. The van der Waals surface area contributed by atoms with Gasteiger partial charge in [0, 0.05) is 16.7 Å². The van der Waals surface area contributed by atoms with Gasteiger partial charge in [-0.1, -0.05) is 41.6 Å². The highest BCUT2D eigenvalue weighted by molar-refractivity contribution is 7.98. The molecule has 82 valence electrons. The molecule has 16 heavy (non-hydrogen) atoms. The highest BCUT2D eigenvalue weighted by atomic mass is 35.5. The minimum Gasteiger partial charge on any atom is -0.301 e. The second-order valence-corrected chi connectivity index (χ2v) is 4.32. The van der Waals surface area contributed by atoms with Crippen LogP contribution in [0.3, 0.4) is 0 Å². The smallest absolute Gasteiger partial charge is 0.252 e. The first-order chi connectivity index (χ1) is 7.70. The minimum atomic E-state index is -0.172. The zero-order chi connectivity index (χ0) is 11.5. The molecule has 0 fully saturated rings.